The number of halogens is 2. The van der Waals surface area contributed by atoms with Crippen molar-refractivity contribution in [2.24, 2.45) is 0 Å². The van der Waals surface area contributed by atoms with Crippen LogP contribution in [0.4, 0.5) is 0 Å². The van der Waals surface area contributed by atoms with Gasteiger partial charge in [-0.15, -0.1) is 5.10 Å². The van der Waals surface area contributed by atoms with Gasteiger partial charge in [0.2, 0.25) is 5.88 Å². The molecule has 1 heterocycles. The Kier molecular flexibility index (Phi) is 5.44. The van der Waals surface area contributed by atoms with E-state index in [1.54, 1.807) is 6.07 Å². The molecule has 0 fully saturated rings. The van der Waals surface area contributed by atoms with Gasteiger partial charge in [0, 0.05) is 6.07 Å². The van der Waals surface area contributed by atoms with Crippen molar-refractivity contribution in [3.63, 3.8) is 0 Å². The van der Waals surface area contributed by atoms with Gasteiger partial charge in [-0.2, -0.15) is 5.10 Å². The van der Waals surface area contributed by atoms with Gasteiger partial charge in [0.25, 0.3) is 0 Å². The molecule has 2 rings (SSSR count). The molecule has 1 N–H and O–H groups in total. The summed E-state index contributed by atoms with van der Waals surface area (Å²) < 4.78 is 5.66. The Morgan fingerprint density at radius 1 is 1.22 bits per heavy atom. The Bertz CT molecular complexity index is 725. The molecule has 7 heteroatoms. The summed E-state index contributed by atoms with van der Waals surface area (Å²) in [6.45, 7) is 5.98. The van der Waals surface area contributed by atoms with Gasteiger partial charge in [0.1, 0.15) is 0 Å². The number of rotatable bonds is 5. The highest BCUT2D eigenvalue weighted by molar-refractivity contribution is 6.37. The summed E-state index contributed by atoms with van der Waals surface area (Å²) in [4.78, 5) is 10.8. The van der Waals surface area contributed by atoms with E-state index in [1.165, 1.54) is 12.1 Å². The molecule has 23 heavy (non-hydrogen) atoms. The maximum absolute atomic E-state index is 10.8. The van der Waals surface area contributed by atoms with Crippen molar-refractivity contribution in [2.75, 3.05) is 0 Å². The number of aryl methyl sites for hydroxylation is 1. The summed E-state index contributed by atoms with van der Waals surface area (Å²) in [7, 11) is 0. The molecule has 0 radical (unpaired) electrons. The summed E-state index contributed by atoms with van der Waals surface area (Å²) in [5.74, 6) is -0.169. The lowest BCUT2D eigenvalue weighted by molar-refractivity contribution is -0.136. The van der Waals surface area contributed by atoms with Crippen LogP contribution in [0.15, 0.2) is 18.2 Å². The number of ether oxygens (including phenoxy) is 1. The van der Waals surface area contributed by atoms with Crippen LogP contribution in [0.3, 0.4) is 0 Å². The smallest absolute Gasteiger partial charge is 0.307 e. The topological polar surface area (TPSA) is 72.3 Å². The van der Waals surface area contributed by atoms with E-state index in [4.69, 9.17) is 33.0 Å². The predicted octanol–water partition coefficient (Wildman–Crippen LogP) is 4.63. The number of aromatic nitrogens is 2. The summed E-state index contributed by atoms with van der Waals surface area (Å²) in [6, 6.07) is 4.83. The van der Waals surface area contributed by atoms with Crippen LogP contribution < -0.4 is 4.74 Å². The lowest BCUT2D eigenvalue weighted by Crippen LogP contribution is -2.02. The number of nitrogens with zero attached hydrogens (tertiary/aromatic N) is 2. The van der Waals surface area contributed by atoms with Crippen LogP contribution in [0, 0.1) is 6.92 Å². The van der Waals surface area contributed by atoms with Crippen molar-refractivity contribution in [1.82, 2.24) is 10.2 Å². The average Bonchev–Trinajstić information content (AvgIpc) is 2.43. The number of hydrogen-bond donors (Lipinski definition) is 1. The maximum atomic E-state index is 10.8. The zero-order valence-electron chi connectivity index (χ0n) is 12.9. The first-order valence-corrected chi connectivity index (χ1v) is 7.75. The van der Waals surface area contributed by atoms with Gasteiger partial charge in [-0.25, -0.2) is 0 Å². The van der Waals surface area contributed by atoms with Gasteiger partial charge in [-0.05, 0) is 36.1 Å². The van der Waals surface area contributed by atoms with E-state index in [0.29, 0.717) is 5.56 Å². The van der Waals surface area contributed by atoms with Crippen LogP contribution in [0.25, 0.3) is 0 Å². The molecule has 2 aromatic rings. The molecule has 0 bridgehead atoms. The van der Waals surface area contributed by atoms with Crippen LogP contribution in [-0.2, 0) is 11.2 Å². The molecule has 0 atom stereocenters. The molecule has 0 saturated carbocycles. The second-order valence-electron chi connectivity index (χ2n) is 5.44. The quantitative estimate of drug-likeness (QED) is 0.846. The standard InChI is InChI=1S/C16H16Cl2N2O3/c1-8(2)11-7-14(20-19-9(11)3)23-16-12(17)4-10(5-13(16)18)6-15(21)22/h4-5,7-8H,6H2,1-3H3,(H,21,22). The van der Waals surface area contributed by atoms with Gasteiger partial charge in [0.15, 0.2) is 5.75 Å². The van der Waals surface area contributed by atoms with E-state index in [1.807, 2.05) is 6.92 Å². The van der Waals surface area contributed by atoms with Gasteiger partial charge >= 0.3 is 5.97 Å². The van der Waals surface area contributed by atoms with E-state index in [9.17, 15) is 4.79 Å². The highest BCUT2D eigenvalue weighted by Crippen LogP contribution is 2.37. The van der Waals surface area contributed by atoms with E-state index in [0.717, 1.165) is 11.3 Å². The molecule has 0 saturated heterocycles. The largest absolute Gasteiger partial charge is 0.481 e. The van der Waals surface area contributed by atoms with Crippen molar-refractivity contribution in [1.29, 1.82) is 0 Å². The summed E-state index contributed by atoms with van der Waals surface area (Å²) in [5, 5.41) is 17.3. The molecule has 5 nitrogen and oxygen atoms in total. The van der Waals surface area contributed by atoms with Crippen molar-refractivity contribution in [2.45, 2.75) is 33.1 Å². The third kappa shape index (κ3) is 4.33. The lowest BCUT2D eigenvalue weighted by Gasteiger charge is -2.13. The molecule has 0 spiro atoms. The zero-order chi connectivity index (χ0) is 17.1. The molecule has 0 aliphatic heterocycles. The Labute approximate surface area is 144 Å². The molecule has 1 aromatic heterocycles. The maximum Gasteiger partial charge on any atom is 0.307 e. The van der Waals surface area contributed by atoms with Crippen molar-refractivity contribution < 1.29 is 14.6 Å². The molecule has 0 aliphatic carbocycles. The molecule has 0 amide bonds. The number of carboxylic acids is 1. The van der Waals surface area contributed by atoms with E-state index in [-0.39, 0.29) is 34.0 Å². The number of benzene rings is 1. The number of carboxylic acid groups (broad SMARTS) is 1. The molecular formula is C16H16Cl2N2O3. The minimum Gasteiger partial charge on any atom is -0.481 e. The molecular weight excluding hydrogens is 339 g/mol. The average molecular weight is 355 g/mol. The molecule has 122 valence electrons. The normalized spacial score (nSPS) is 10.9. The first-order chi connectivity index (χ1) is 10.8. The van der Waals surface area contributed by atoms with Crippen LogP contribution >= 0.6 is 23.2 Å². The van der Waals surface area contributed by atoms with Gasteiger partial charge in [-0.1, -0.05) is 37.0 Å². The van der Waals surface area contributed by atoms with E-state index >= 15 is 0 Å². The van der Waals surface area contributed by atoms with Crippen molar-refractivity contribution in [3.8, 4) is 11.6 Å². The third-order valence-electron chi connectivity index (χ3n) is 3.24. The Balaban J connectivity index is 2.33. The number of aliphatic carboxylic acids is 1. The summed E-state index contributed by atoms with van der Waals surface area (Å²) in [5.41, 5.74) is 2.35. The zero-order valence-corrected chi connectivity index (χ0v) is 14.4. The molecule has 1 aromatic carbocycles. The fourth-order valence-corrected chi connectivity index (χ4v) is 2.78. The van der Waals surface area contributed by atoms with Crippen molar-refractivity contribution >= 4 is 29.2 Å². The predicted molar refractivity (Wildman–Crippen MR) is 88.7 cm³/mol. The minimum absolute atomic E-state index is 0.165. The SMILES string of the molecule is Cc1nnc(Oc2c(Cl)cc(CC(=O)O)cc2Cl)cc1C(C)C. The van der Waals surface area contributed by atoms with Crippen LogP contribution in [0.2, 0.25) is 10.0 Å². The lowest BCUT2D eigenvalue weighted by atomic mass is 10.0. The van der Waals surface area contributed by atoms with Gasteiger partial charge in [0.05, 0.1) is 22.2 Å². The Hall–Kier alpha value is -1.85. The Morgan fingerprint density at radius 2 is 1.83 bits per heavy atom. The van der Waals surface area contributed by atoms with E-state index in [2.05, 4.69) is 24.0 Å². The fourth-order valence-electron chi connectivity index (χ4n) is 2.17. The van der Waals surface area contributed by atoms with Gasteiger partial charge in [-0.3, -0.25) is 4.79 Å². The monoisotopic (exact) mass is 354 g/mol. The van der Waals surface area contributed by atoms with Crippen molar-refractivity contribution in [3.05, 3.63) is 45.1 Å². The van der Waals surface area contributed by atoms with Crippen LogP contribution in [-0.4, -0.2) is 21.3 Å². The Morgan fingerprint density at radius 3 is 2.35 bits per heavy atom. The first-order valence-electron chi connectivity index (χ1n) is 6.99. The third-order valence-corrected chi connectivity index (χ3v) is 3.80. The molecule has 0 aliphatic rings. The highest BCUT2D eigenvalue weighted by Gasteiger charge is 2.15. The summed E-state index contributed by atoms with van der Waals surface area (Å²) >= 11 is 12.3. The highest BCUT2D eigenvalue weighted by atomic mass is 35.5. The second-order valence-corrected chi connectivity index (χ2v) is 6.25. The number of carbonyl (C=O) groups is 1. The second kappa shape index (κ2) is 7.15. The number of hydrogen-bond acceptors (Lipinski definition) is 4. The van der Waals surface area contributed by atoms with Crippen LogP contribution in [0.5, 0.6) is 11.6 Å². The van der Waals surface area contributed by atoms with Crippen LogP contribution in [0.1, 0.15) is 36.6 Å². The fraction of sp³-hybridized carbons (Fsp3) is 0.312. The minimum atomic E-state index is -0.961. The molecule has 0 unspecified atom stereocenters. The van der Waals surface area contributed by atoms with E-state index < -0.39 is 5.97 Å². The summed E-state index contributed by atoms with van der Waals surface area (Å²) in [6.07, 6.45) is -0.165. The van der Waals surface area contributed by atoms with Gasteiger partial charge < -0.3 is 9.84 Å². The first kappa shape index (κ1) is 17.5.